The van der Waals surface area contributed by atoms with E-state index in [0.29, 0.717) is 0 Å². The van der Waals surface area contributed by atoms with Gasteiger partial charge in [0.15, 0.2) is 0 Å². The van der Waals surface area contributed by atoms with E-state index in [9.17, 15) is 4.79 Å². The number of amides is 1. The van der Waals surface area contributed by atoms with Crippen molar-refractivity contribution in [2.45, 2.75) is 12.7 Å². The largest absolute Gasteiger partial charge is 0.339 e. The summed E-state index contributed by atoms with van der Waals surface area (Å²) in [7, 11) is 0. The van der Waals surface area contributed by atoms with Crippen LogP contribution in [0, 0.1) is 0 Å². The molecule has 0 aromatic heterocycles. The Hall–Kier alpha value is -1.87. The minimum Gasteiger partial charge on any atom is -0.339 e. The van der Waals surface area contributed by atoms with E-state index < -0.39 is 0 Å². The lowest BCUT2D eigenvalue weighted by molar-refractivity contribution is -0.110. The molecular formula is C13H12N2O. The summed E-state index contributed by atoms with van der Waals surface area (Å²) in [6, 6.07) is 12.5. The minimum absolute atomic E-state index is 0.0731. The molecule has 0 saturated heterocycles. The Morgan fingerprint density at radius 2 is 2.06 bits per heavy atom. The van der Waals surface area contributed by atoms with E-state index in [4.69, 9.17) is 0 Å². The van der Waals surface area contributed by atoms with Crippen molar-refractivity contribution in [2.24, 2.45) is 0 Å². The molecule has 1 atom stereocenters. The van der Waals surface area contributed by atoms with Gasteiger partial charge in [0.25, 0.3) is 0 Å². The fourth-order valence-electron chi connectivity index (χ4n) is 2.38. The smallest absolute Gasteiger partial charge is 0.208 e. The highest BCUT2D eigenvalue weighted by Gasteiger charge is 2.19. The molecule has 0 fully saturated rings. The summed E-state index contributed by atoms with van der Waals surface area (Å²) in [4.78, 5) is 10.6. The summed E-state index contributed by atoms with van der Waals surface area (Å²) in [5, 5.41) is 8.58. The van der Waals surface area contributed by atoms with E-state index in [1.807, 2.05) is 6.07 Å². The van der Waals surface area contributed by atoms with Gasteiger partial charge in [-0.25, -0.2) is 0 Å². The number of benzene rings is 2. The van der Waals surface area contributed by atoms with Crippen LogP contribution in [-0.4, -0.2) is 6.41 Å². The predicted octanol–water partition coefficient (Wildman–Crippen LogP) is 1.69. The molecule has 2 aromatic carbocycles. The van der Waals surface area contributed by atoms with Crippen LogP contribution in [-0.2, 0) is 11.3 Å². The van der Waals surface area contributed by atoms with Crippen molar-refractivity contribution in [3.05, 3.63) is 47.5 Å². The fraction of sp³-hybridized carbons (Fsp3) is 0.154. The lowest BCUT2D eigenvalue weighted by Gasteiger charge is -2.26. The van der Waals surface area contributed by atoms with Crippen LogP contribution in [0.25, 0.3) is 10.8 Å². The van der Waals surface area contributed by atoms with Gasteiger partial charge in [0.2, 0.25) is 6.41 Å². The normalized spacial score (nSPS) is 18.4. The summed E-state index contributed by atoms with van der Waals surface area (Å²) in [5.74, 6) is 0. The number of hydrogen-bond donors (Lipinski definition) is 2. The van der Waals surface area contributed by atoms with Gasteiger partial charge in [-0.2, -0.15) is 0 Å². The molecule has 3 heteroatoms. The zero-order chi connectivity index (χ0) is 11.0. The fourth-order valence-corrected chi connectivity index (χ4v) is 2.38. The van der Waals surface area contributed by atoms with Crippen LogP contribution < -0.4 is 10.6 Å². The van der Waals surface area contributed by atoms with Crippen molar-refractivity contribution in [1.29, 1.82) is 0 Å². The topological polar surface area (TPSA) is 41.1 Å². The molecule has 2 aromatic rings. The standard InChI is InChI=1S/C13H12N2O/c16-8-15-13-11-6-2-4-9-3-1-5-10(7-14-13)12(9)11/h1-6,8,13-14H,7H2,(H,15,16). The highest BCUT2D eigenvalue weighted by molar-refractivity contribution is 5.90. The summed E-state index contributed by atoms with van der Waals surface area (Å²) in [6.07, 6.45) is 0.667. The maximum absolute atomic E-state index is 10.6. The molecule has 3 nitrogen and oxygen atoms in total. The van der Waals surface area contributed by atoms with Gasteiger partial charge in [0, 0.05) is 6.54 Å². The monoisotopic (exact) mass is 212 g/mol. The lowest BCUT2D eigenvalue weighted by Crippen LogP contribution is -2.35. The molecule has 16 heavy (non-hydrogen) atoms. The van der Waals surface area contributed by atoms with Crippen LogP contribution in [0.2, 0.25) is 0 Å². The first kappa shape index (κ1) is 9.36. The van der Waals surface area contributed by atoms with Crippen molar-refractivity contribution >= 4 is 17.2 Å². The lowest BCUT2D eigenvalue weighted by atomic mass is 9.94. The van der Waals surface area contributed by atoms with E-state index in [1.54, 1.807) is 0 Å². The third-order valence-electron chi connectivity index (χ3n) is 3.07. The zero-order valence-electron chi connectivity index (χ0n) is 8.73. The maximum Gasteiger partial charge on any atom is 0.208 e. The maximum atomic E-state index is 10.6. The number of nitrogens with one attached hydrogen (secondary N) is 2. The number of carbonyl (C=O) groups excluding carboxylic acids is 1. The number of rotatable bonds is 2. The Bertz CT molecular complexity index is 545. The van der Waals surface area contributed by atoms with Crippen LogP contribution in [0.15, 0.2) is 36.4 Å². The molecule has 3 rings (SSSR count). The molecule has 0 aliphatic carbocycles. The minimum atomic E-state index is -0.0731. The Kier molecular flexibility index (Phi) is 2.11. The molecule has 1 unspecified atom stereocenters. The van der Waals surface area contributed by atoms with Crippen molar-refractivity contribution < 1.29 is 4.79 Å². The quantitative estimate of drug-likeness (QED) is 0.744. The molecular weight excluding hydrogens is 200 g/mol. The molecule has 2 N–H and O–H groups in total. The Morgan fingerprint density at radius 3 is 2.88 bits per heavy atom. The van der Waals surface area contributed by atoms with Crippen LogP contribution in [0.3, 0.4) is 0 Å². The highest BCUT2D eigenvalue weighted by Crippen LogP contribution is 2.30. The first-order chi connectivity index (χ1) is 7.90. The van der Waals surface area contributed by atoms with Crippen LogP contribution >= 0.6 is 0 Å². The first-order valence-electron chi connectivity index (χ1n) is 5.34. The van der Waals surface area contributed by atoms with Gasteiger partial charge in [-0.15, -0.1) is 0 Å². The van der Waals surface area contributed by atoms with Gasteiger partial charge in [-0.1, -0.05) is 36.4 Å². The Labute approximate surface area is 93.5 Å². The summed E-state index contributed by atoms with van der Waals surface area (Å²) < 4.78 is 0. The van der Waals surface area contributed by atoms with Crippen molar-refractivity contribution in [1.82, 2.24) is 10.6 Å². The Morgan fingerprint density at radius 1 is 1.25 bits per heavy atom. The third-order valence-corrected chi connectivity index (χ3v) is 3.07. The molecule has 1 aliphatic heterocycles. The zero-order valence-corrected chi connectivity index (χ0v) is 8.73. The van der Waals surface area contributed by atoms with Gasteiger partial charge >= 0.3 is 0 Å². The van der Waals surface area contributed by atoms with Crippen LogP contribution in [0.5, 0.6) is 0 Å². The van der Waals surface area contributed by atoms with Crippen LogP contribution in [0.4, 0.5) is 0 Å². The predicted molar refractivity (Wildman–Crippen MR) is 62.7 cm³/mol. The van der Waals surface area contributed by atoms with Crippen molar-refractivity contribution in [3.63, 3.8) is 0 Å². The van der Waals surface area contributed by atoms with Gasteiger partial charge in [-0.05, 0) is 21.9 Å². The second-order valence-electron chi connectivity index (χ2n) is 3.96. The van der Waals surface area contributed by atoms with E-state index in [2.05, 4.69) is 41.0 Å². The van der Waals surface area contributed by atoms with E-state index in [0.717, 1.165) is 18.5 Å². The Balaban J connectivity index is 2.27. The molecule has 1 aliphatic rings. The molecule has 0 radical (unpaired) electrons. The van der Waals surface area contributed by atoms with Crippen LogP contribution in [0.1, 0.15) is 17.3 Å². The van der Waals surface area contributed by atoms with Gasteiger partial charge in [0.05, 0.1) is 0 Å². The van der Waals surface area contributed by atoms with Gasteiger partial charge < -0.3 is 5.32 Å². The SMILES string of the molecule is O=CNC1NCc2cccc3cccc1c23. The summed E-state index contributed by atoms with van der Waals surface area (Å²) in [5.41, 5.74) is 2.43. The third kappa shape index (κ3) is 1.29. The molecule has 0 bridgehead atoms. The van der Waals surface area contributed by atoms with Crippen molar-refractivity contribution in [3.8, 4) is 0 Å². The van der Waals surface area contributed by atoms with E-state index in [-0.39, 0.29) is 6.17 Å². The number of hydrogen-bond acceptors (Lipinski definition) is 2. The molecule has 80 valence electrons. The van der Waals surface area contributed by atoms with Crippen molar-refractivity contribution in [2.75, 3.05) is 0 Å². The summed E-state index contributed by atoms with van der Waals surface area (Å²) >= 11 is 0. The van der Waals surface area contributed by atoms with Gasteiger partial charge in [0.1, 0.15) is 6.17 Å². The average Bonchev–Trinajstić information content (AvgIpc) is 2.33. The number of carbonyl (C=O) groups is 1. The van der Waals surface area contributed by atoms with Gasteiger partial charge in [-0.3, -0.25) is 10.1 Å². The first-order valence-corrected chi connectivity index (χ1v) is 5.34. The van der Waals surface area contributed by atoms with E-state index in [1.165, 1.54) is 16.3 Å². The molecule has 1 amide bonds. The molecule has 1 heterocycles. The summed E-state index contributed by atoms with van der Waals surface area (Å²) in [6.45, 7) is 0.792. The van der Waals surface area contributed by atoms with E-state index >= 15 is 0 Å². The molecule has 0 saturated carbocycles. The second-order valence-corrected chi connectivity index (χ2v) is 3.96. The average molecular weight is 212 g/mol. The highest BCUT2D eigenvalue weighted by atomic mass is 16.1. The second kappa shape index (κ2) is 3.61. The molecule has 0 spiro atoms.